The topological polar surface area (TPSA) is 58.6 Å². The van der Waals surface area contributed by atoms with Crippen LogP contribution in [0.3, 0.4) is 0 Å². The Balaban J connectivity index is 1.53. The maximum absolute atomic E-state index is 12.6. The van der Waals surface area contributed by atoms with Gasteiger partial charge in [0.1, 0.15) is 0 Å². The molecule has 2 aliphatic rings. The highest BCUT2D eigenvalue weighted by Crippen LogP contribution is 2.25. The molecule has 1 N–H and O–H groups in total. The summed E-state index contributed by atoms with van der Waals surface area (Å²) in [6.45, 7) is 1.32. The Bertz CT molecular complexity index is 640. The van der Waals surface area contributed by atoms with Gasteiger partial charge >= 0.3 is 0 Å². The van der Waals surface area contributed by atoms with Crippen molar-refractivity contribution in [3.8, 4) is 0 Å². The molecule has 1 saturated heterocycles. The SMILES string of the molecule is CN(C(=O)CSc1ccccc1C(=O)NCC1CCCO1)C1CCCCC1. The van der Waals surface area contributed by atoms with Gasteiger partial charge in [0.15, 0.2) is 0 Å². The zero-order valence-electron chi connectivity index (χ0n) is 16.1. The summed E-state index contributed by atoms with van der Waals surface area (Å²) in [4.78, 5) is 27.9. The maximum atomic E-state index is 12.6. The number of nitrogens with zero attached hydrogens (tertiary/aromatic N) is 1. The van der Waals surface area contributed by atoms with Crippen LogP contribution in [0.4, 0.5) is 0 Å². The van der Waals surface area contributed by atoms with Crippen molar-refractivity contribution in [2.24, 2.45) is 0 Å². The van der Waals surface area contributed by atoms with E-state index in [9.17, 15) is 9.59 Å². The van der Waals surface area contributed by atoms with E-state index in [-0.39, 0.29) is 17.9 Å². The van der Waals surface area contributed by atoms with Crippen LogP contribution in [-0.4, -0.2) is 54.8 Å². The zero-order chi connectivity index (χ0) is 19.1. The van der Waals surface area contributed by atoms with Gasteiger partial charge in [-0.2, -0.15) is 0 Å². The summed E-state index contributed by atoms with van der Waals surface area (Å²) in [5, 5.41) is 2.97. The molecule has 1 heterocycles. The van der Waals surface area contributed by atoms with Gasteiger partial charge in [-0.15, -0.1) is 11.8 Å². The van der Waals surface area contributed by atoms with Crippen LogP contribution in [-0.2, 0) is 9.53 Å². The molecule has 1 unspecified atom stereocenters. The van der Waals surface area contributed by atoms with Crippen molar-refractivity contribution >= 4 is 23.6 Å². The highest BCUT2D eigenvalue weighted by molar-refractivity contribution is 8.00. The predicted molar refractivity (Wildman–Crippen MR) is 108 cm³/mol. The van der Waals surface area contributed by atoms with Gasteiger partial charge in [0, 0.05) is 31.1 Å². The molecule has 0 spiro atoms. The van der Waals surface area contributed by atoms with Crippen LogP contribution in [0.1, 0.15) is 55.3 Å². The van der Waals surface area contributed by atoms with Crippen LogP contribution in [0.5, 0.6) is 0 Å². The fourth-order valence-corrected chi connectivity index (χ4v) is 4.77. The van der Waals surface area contributed by atoms with Crippen molar-refractivity contribution in [2.75, 3.05) is 26.0 Å². The van der Waals surface area contributed by atoms with Crippen LogP contribution >= 0.6 is 11.8 Å². The molecule has 27 heavy (non-hydrogen) atoms. The molecule has 1 aromatic carbocycles. The molecule has 1 aromatic rings. The molecule has 1 saturated carbocycles. The molecule has 0 aromatic heterocycles. The van der Waals surface area contributed by atoms with E-state index in [2.05, 4.69) is 5.32 Å². The maximum Gasteiger partial charge on any atom is 0.252 e. The number of benzene rings is 1. The fraction of sp³-hybridized carbons (Fsp3) is 0.619. The van der Waals surface area contributed by atoms with E-state index in [1.54, 1.807) is 0 Å². The lowest BCUT2D eigenvalue weighted by atomic mass is 9.94. The Kier molecular flexibility index (Phi) is 7.59. The zero-order valence-corrected chi connectivity index (χ0v) is 16.9. The third kappa shape index (κ3) is 5.72. The predicted octanol–water partition coefficient (Wildman–Crippen LogP) is 3.48. The second-order valence-corrected chi connectivity index (χ2v) is 8.44. The van der Waals surface area contributed by atoms with Crippen molar-refractivity contribution in [1.82, 2.24) is 10.2 Å². The first-order valence-corrected chi connectivity index (χ1v) is 11.0. The standard InChI is InChI=1S/C21H30N2O3S/c1-23(16-8-3-2-4-9-16)20(24)15-27-19-12-6-5-11-18(19)21(25)22-14-17-10-7-13-26-17/h5-6,11-12,16-17H,2-4,7-10,13-15H2,1H3,(H,22,25). The number of rotatable bonds is 7. The Morgan fingerprint density at radius 2 is 1.93 bits per heavy atom. The van der Waals surface area contributed by atoms with Gasteiger partial charge in [0.25, 0.3) is 5.91 Å². The molecule has 2 amide bonds. The van der Waals surface area contributed by atoms with Gasteiger partial charge in [0.05, 0.1) is 17.4 Å². The van der Waals surface area contributed by atoms with Crippen LogP contribution < -0.4 is 5.32 Å². The smallest absolute Gasteiger partial charge is 0.252 e. The minimum atomic E-state index is -0.0957. The van der Waals surface area contributed by atoms with Crippen LogP contribution in [0.25, 0.3) is 0 Å². The van der Waals surface area contributed by atoms with Crippen molar-refractivity contribution in [3.05, 3.63) is 29.8 Å². The number of ether oxygens (including phenoxy) is 1. The fourth-order valence-electron chi connectivity index (χ4n) is 3.80. The Morgan fingerprint density at radius 1 is 1.15 bits per heavy atom. The monoisotopic (exact) mass is 390 g/mol. The van der Waals surface area contributed by atoms with Gasteiger partial charge in [0.2, 0.25) is 5.91 Å². The lowest BCUT2D eigenvalue weighted by Gasteiger charge is -2.31. The molecule has 6 heteroatoms. The van der Waals surface area contributed by atoms with Gasteiger partial charge in [-0.05, 0) is 37.8 Å². The summed E-state index contributed by atoms with van der Waals surface area (Å²) >= 11 is 1.45. The van der Waals surface area contributed by atoms with E-state index in [1.807, 2.05) is 36.2 Å². The van der Waals surface area contributed by atoms with E-state index in [0.29, 0.717) is 23.9 Å². The summed E-state index contributed by atoms with van der Waals surface area (Å²) in [5.74, 6) is 0.409. The van der Waals surface area contributed by atoms with Crippen molar-refractivity contribution < 1.29 is 14.3 Å². The van der Waals surface area contributed by atoms with E-state index in [1.165, 1.54) is 31.0 Å². The first-order chi connectivity index (χ1) is 13.1. The quantitative estimate of drug-likeness (QED) is 0.724. The van der Waals surface area contributed by atoms with Gasteiger partial charge in [-0.3, -0.25) is 9.59 Å². The van der Waals surface area contributed by atoms with Crippen molar-refractivity contribution in [1.29, 1.82) is 0 Å². The number of amides is 2. The summed E-state index contributed by atoms with van der Waals surface area (Å²) in [6, 6.07) is 7.88. The number of nitrogens with one attached hydrogen (secondary N) is 1. The number of carbonyl (C=O) groups excluding carboxylic acids is 2. The molecule has 148 valence electrons. The van der Waals surface area contributed by atoms with Gasteiger partial charge in [-0.1, -0.05) is 31.4 Å². The Morgan fingerprint density at radius 3 is 2.67 bits per heavy atom. The normalized spacial score (nSPS) is 20.4. The minimum Gasteiger partial charge on any atom is -0.376 e. The number of thioether (sulfide) groups is 1. The lowest BCUT2D eigenvalue weighted by Crippen LogP contribution is -2.39. The molecule has 1 aliphatic heterocycles. The van der Waals surface area contributed by atoms with Crippen molar-refractivity contribution in [2.45, 2.75) is 62.0 Å². The highest BCUT2D eigenvalue weighted by atomic mass is 32.2. The molecule has 5 nitrogen and oxygen atoms in total. The Labute approximate surface area is 166 Å². The molecule has 2 fully saturated rings. The molecule has 1 atom stereocenters. The summed E-state index contributed by atoms with van der Waals surface area (Å²) in [5.41, 5.74) is 0.633. The second kappa shape index (κ2) is 10.1. The van der Waals surface area contributed by atoms with Crippen LogP contribution in [0.15, 0.2) is 29.2 Å². The van der Waals surface area contributed by atoms with E-state index >= 15 is 0 Å². The number of hydrogen-bond donors (Lipinski definition) is 1. The highest BCUT2D eigenvalue weighted by Gasteiger charge is 2.23. The molecule has 0 bridgehead atoms. The minimum absolute atomic E-state index is 0.0957. The van der Waals surface area contributed by atoms with Gasteiger partial charge < -0.3 is 15.0 Å². The molecular formula is C21H30N2O3S. The summed E-state index contributed by atoms with van der Waals surface area (Å²) < 4.78 is 5.56. The average Bonchev–Trinajstić information content (AvgIpc) is 3.24. The summed E-state index contributed by atoms with van der Waals surface area (Å²) in [6.07, 6.45) is 8.10. The molecule has 1 aliphatic carbocycles. The van der Waals surface area contributed by atoms with E-state index in [4.69, 9.17) is 4.74 Å². The van der Waals surface area contributed by atoms with Crippen molar-refractivity contribution in [3.63, 3.8) is 0 Å². The second-order valence-electron chi connectivity index (χ2n) is 7.43. The Hall–Kier alpha value is -1.53. The number of carbonyl (C=O) groups is 2. The molecular weight excluding hydrogens is 360 g/mol. The lowest BCUT2D eigenvalue weighted by molar-refractivity contribution is -0.129. The largest absolute Gasteiger partial charge is 0.376 e. The van der Waals surface area contributed by atoms with Gasteiger partial charge in [-0.25, -0.2) is 0 Å². The van der Waals surface area contributed by atoms with E-state index < -0.39 is 0 Å². The summed E-state index contributed by atoms with van der Waals surface area (Å²) in [7, 11) is 1.92. The average molecular weight is 391 g/mol. The molecule has 3 rings (SSSR count). The first-order valence-electron chi connectivity index (χ1n) is 10.0. The first kappa shape index (κ1) is 20.2. The molecule has 0 radical (unpaired) electrons. The van der Waals surface area contributed by atoms with Crippen LogP contribution in [0.2, 0.25) is 0 Å². The third-order valence-electron chi connectivity index (χ3n) is 5.51. The number of hydrogen-bond acceptors (Lipinski definition) is 4. The van der Waals surface area contributed by atoms with E-state index in [0.717, 1.165) is 37.2 Å². The van der Waals surface area contributed by atoms with Crippen LogP contribution in [0, 0.1) is 0 Å². The third-order valence-corrected chi connectivity index (χ3v) is 6.57.